The third-order valence-corrected chi connectivity index (χ3v) is 6.48. The summed E-state index contributed by atoms with van der Waals surface area (Å²) >= 11 is 0. The largest absolute Gasteiger partial charge is 0.435 e. The van der Waals surface area contributed by atoms with Gasteiger partial charge in [0.05, 0.1) is 9.73 Å². The van der Waals surface area contributed by atoms with Crippen LogP contribution in [0.4, 0.5) is 27.6 Å². The number of rotatable bonds is 6. The number of pyridine rings is 1. The highest BCUT2D eigenvalue weighted by atomic mass is 32.2. The minimum absolute atomic E-state index is 0.00265. The Morgan fingerprint density at radius 2 is 1.89 bits per heavy atom. The van der Waals surface area contributed by atoms with Gasteiger partial charge in [0.15, 0.2) is 11.5 Å². The lowest BCUT2D eigenvalue weighted by molar-refractivity contribution is -0.142. The van der Waals surface area contributed by atoms with Crippen LogP contribution in [0.1, 0.15) is 46.1 Å². The minimum atomic E-state index is -4.99. The first-order valence-electron chi connectivity index (χ1n) is 10.4. The van der Waals surface area contributed by atoms with Gasteiger partial charge in [-0.1, -0.05) is 6.07 Å². The van der Waals surface area contributed by atoms with E-state index in [0.29, 0.717) is 12.8 Å². The number of ether oxygens (including phenoxy) is 1. The van der Waals surface area contributed by atoms with Gasteiger partial charge in [-0.2, -0.15) is 17.6 Å². The van der Waals surface area contributed by atoms with Crippen LogP contribution >= 0.6 is 0 Å². The predicted molar refractivity (Wildman–Crippen MR) is 117 cm³/mol. The van der Waals surface area contributed by atoms with Gasteiger partial charge in [0.2, 0.25) is 5.75 Å². The Kier molecular flexibility index (Phi) is 6.41. The van der Waals surface area contributed by atoms with Crippen molar-refractivity contribution in [2.45, 2.75) is 36.8 Å². The molecule has 2 aromatic heterocycles. The van der Waals surface area contributed by atoms with Gasteiger partial charge in [0, 0.05) is 28.5 Å². The van der Waals surface area contributed by atoms with Gasteiger partial charge in [-0.3, -0.25) is 4.79 Å². The number of carbonyl (C=O) groups excluding carboxylic acids is 1. The Morgan fingerprint density at radius 1 is 1.19 bits per heavy atom. The number of carbonyl (C=O) groups is 1. The fourth-order valence-corrected chi connectivity index (χ4v) is 4.07. The van der Waals surface area contributed by atoms with Gasteiger partial charge in [-0.15, -0.1) is 10.2 Å². The van der Waals surface area contributed by atoms with Crippen LogP contribution in [0.3, 0.4) is 0 Å². The van der Waals surface area contributed by atoms with Gasteiger partial charge >= 0.3 is 6.18 Å². The van der Waals surface area contributed by atoms with Crippen molar-refractivity contribution in [2.75, 3.05) is 11.6 Å². The van der Waals surface area contributed by atoms with E-state index in [1.165, 1.54) is 24.3 Å². The summed E-state index contributed by atoms with van der Waals surface area (Å²) in [6.45, 7) is 0.930. The molecule has 4 rings (SSSR count). The zero-order chi connectivity index (χ0) is 26.4. The first-order valence-corrected chi connectivity index (χ1v) is 12.4. The summed E-state index contributed by atoms with van der Waals surface area (Å²) in [5, 5.41) is 8.64. The summed E-state index contributed by atoms with van der Waals surface area (Å²) in [6, 6.07) is 6.28. The summed E-state index contributed by atoms with van der Waals surface area (Å²) in [7, 11) is -3.16. The van der Waals surface area contributed by atoms with Gasteiger partial charge in [0.1, 0.15) is 5.56 Å². The number of alkyl halides is 3. The fourth-order valence-electron chi connectivity index (χ4n) is 3.38. The summed E-state index contributed by atoms with van der Waals surface area (Å²) in [6.07, 6.45) is -2.41. The van der Waals surface area contributed by atoms with E-state index in [4.69, 9.17) is 9.52 Å². The zero-order valence-electron chi connectivity index (χ0n) is 18.7. The van der Waals surface area contributed by atoms with E-state index in [9.17, 15) is 31.0 Å². The van der Waals surface area contributed by atoms with Crippen LogP contribution in [0.15, 0.2) is 35.2 Å². The molecule has 1 saturated carbocycles. The van der Waals surface area contributed by atoms with Crippen LogP contribution < -0.4 is 10.1 Å². The summed E-state index contributed by atoms with van der Waals surface area (Å²) in [5.41, 5.74) is -2.81. The topological polar surface area (TPSA) is 118 Å². The Labute approximate surface area is 201 Å². The van der Waals surface area contributed by atoms with E-state index in [1.54, 1.807) is 0 Å². The third-order valence-electron chi connectivity index (χ3n) is 5.32. The molecule has 8 nitrogen and oxygen atoms in total. The molecule has 0 saturated heterocycles. The highest BCUT2D eigenvalue weighted by Gasteiger charge is 2.38. The molecule has 1 amide bonds. The molecule has 0 radical (unpaired) electrons. The number of hydrogen-bond donors (Lipinski definition) is 2. The van der Waals surface area contributed by atoms with E-state index in [2.05, 4.69) is 20.5 Å². The van der Waals surface area contributed by atoms with Gasteiger partial charge in [-0.05, 0) is 49.6 Å². The van der Waals surface area contributed by atoms with Crippen LogP contribution in [0.5, 0.6) is 11.6 Å². The Bertz CT molecular complexity index is 1450. The molecule has 14 heteroatoms. The standard InChI is InChI=1S/C22H18F5N5O3S/c1-10-16(20(33)29-12-4-3-5-13(8-12)36(2,28)34)21(32-31-18(10)22(25,26)27)35-17-14(23)9-15(11-6-7-11)30-19(17)24/h3-5,8-9,11,28H,6-7H2,1-2H3,(H,29,33). The number of aromatic nitrogens is 3. The molecule has 3 aromatic rings. The van der Waals surface area contributed by atoms with Crippen molar-refractivity contribution >= 4 is 21.3 Å². The lowest BCUT2D eigenvalue weighted by atomic mass is 10.1. The number of benzene rings is 1. The second-order valence-electron chi connectivity index (χ2n) is 8.20. The molecule has 2 N–H and O–H groups in total. The maximum absolute atomic E-state index is 14.6. The molecule has 1 unspecified atom stereocenters. The molecule has 1 atom stereocenters. The van der Waals surface area contributed by atoms with Gasteiger partial charge < -0.3 is 10.1 Å². The molecule has 1 fully saturated rings. The van der Waals surface area contributed by atoms with E-state index >= 15 is 0 Å². The molecule has 0 spiro atoms. The number of amides is 1. The van der Waals surface area contributed by atoms with E-state index in [-0.39, 0.29) is 22.2 Å². The van der Waals surface area contributed by atoms with E-state index in [0.717, 1.165) is 19.2 Å². The molecule has 0 aliphatic heterocycles. The molecular weight excluding hydrogens is 509 g/mol. The van der Waals surface area contributed by atoms with Crippen LogP contribution in [0, 0.1) is 23.5 Å². The van der Waals surface area contributed by atoms with Crippen molar-refractivity contribution in [3.63, 3.8) is 0 Å². The second-order valence-corrected chi connectivity index (χ2v) is 10.4. The highest BCUT2D eigenvalue weighted by molar-refractivity contribution is 7.91. The normalized spacial score (nSPS) is 15.3. The molecular formula is C22H18F5N5O3S. The summed E-state index contributed by atoms with van der Waals surface area (Å²) in [4.78, 5) is 16.8. The summed E-state index contributed by atoms with van der Waals surface area (Å²) in [5.74, 6) is -5.72. The molecule has 190 valence electrons. The van der Waals surface area contributed by atoms with Crippen molar-refractivity contribution in [3.05, 3.63) is 64.6 Å². The number of nitrogens with one attached hydrogen (secondary N) is 2. The van der Waals surface area contributed by atoms with Gasteiger partial charge in [-0.25, -0.2) is 18.4 Å². The quantitative estimate of drug-likeness (QED) is 0.326. The number of halogens is 5. The second kappa shape index (κ2) is 9.08. The summed E-state index contributed by atoms with van der Waals surface area (Å²) < 4.78 is 94.3. The molecule has 1 aliphatic carbocycles. The first-order chi connectivity index (χ1) is 16.8. The highest BCUT2D eigenvalue weighted by Crippen LogP contribution is 2.41. The monoisotopic (exact) mass is 527 g/mol. The fraction of sp³-hybridized carbons (Fsp3) is 0.273. The van der Waals surface area contributed by atoms with Crippen LogP contribution in [0.25, 0.3) is 0 Å². The van der Waals surface area contributed by atoms with Crippen LogP contribution in [0.2, 0.25) is 0 Å². The Balaban J connectivity index is 1.76. The molecule has 0 bridgehead atoms. The van der Waals surface area contributed by atoms with Crippen LogP contribution in [-0.2, 0) is 15.9 Å². The SMILES string of the molecule is Cc1c(C(F)(F)F)nnc(Oc2c(F)cc(C3CC3)nc2F)c1C(=O)Nc1cccc(S(C)(=N)=O)c1. The average molecular weight is 527 g/mol. The van der Waals surface area contributed by atoms with Crippen molar-refractivity contribution in [1.29, 1.82) is 4.78 Å². The number of hydrogen-bond acceptors (Lipinski definition) is 7. The number of nitrogens with zero attached hydrogens (tertiary/aromatic N) is 3. The van der Waals surface area contributed by atoms with E-state index in [1.807, 2.05) is 0 Å². The van der Waals surface area contributed by atoms with E-state index < -0.39 is 62.0 Å². The minimum Gasteiger partial charge on any atom is -0.429 e. The van der Waals surface area contributed by atoms with Gasteiger partial charge in [0.25, 0.3) is 17.7 Å². The number of anilines is 1. The van der Waals surface area contributed by atoms with Crippen molar-refractivity contribution in [1.82, 2.24) is 15.2 Å². The zero-order valence-corrected chi connectivity index (χ0v) is 19.6. The smallest absolute Gasteiger partial charge is 0.429 e. The Morgan fingerprint density at radius 3 is 2.47 bits per heavy atom. The molecule has 1 aromatic carbocycles. The molecule has 2 heterocycles. The lowest BCUT2D eigenvalue weighted by Crippen LogP contribution is -2.21. The molecule has 1 aliphatic rings. The maximum Gasteiger partial charge on any atom is 0.435 e. The van der Waals surface area contributed by atoms with Crippen molar-refractivity contribution in [2.24, 2.45) is 0 Å². The van der Waals surface area contributed by atoms with Crippen molar-refractivity contribution < 1.29 is 35.7 Å². The predicted octanol–water partition coefficient (Wildman–Crippen LogP) is 5.43. The Hall–Kier alpha value is -3.68. The average Bonchev–Trinajstić information content (AvgIpc) is 3.60. The van der Waals surface area contributed by atoms with Crippen LogP contribution in [-0.4, -0.2) is 31.6 Å². The lowest BCUT2D eigenvalue weighted by Gasteiger charge is -2.16. The first kappa shape index (κ1) is 25.4. The third kappa shape index (κ3) is 5.27. The molecule has 36 heavy (non-hydrogen) atoms. The van der Waals surface area contributed by atoms with Crippen molar-refractivity contribution in [3.8, 4) is 11.6 Å². The maximum atomic E-state index is 14.6.